The van der Waals surface area contributed by atoms with Crippen molar-refractivity contribution in [1.82, 2.24) is 19.6 Å². The number of methoxy groups -OCH3 is 6. The van der Waals surface area contributed by atoms with E-state index in [2.05, 4.69) is 19.6 Å². The standard InChI is InChI=1S/C33H38N2O12.C33H37NO12.C32H35NO13/c1-14-30-17(35-9-8-34(2)31(44-4)32(35)47-30)10-21(45-14)46-19-12-33(42,20(37)13-36)11-16-23(19)29(41)25-24(27(16)39)26(38)15-6-5-7-18(43-3)22(15)28(25)40;1-5-20(35)33(40)12-16-23(29(39)25-24(27(16)37)26(36)15-7-6-8-18(41-3)22(15)28(25)38)19(13-33)45-21-11-17-30(14(2)44-21)46-31-32(42-4)43-10-9-34(17)31;1-13-29-16(33-7-8-43-31(42-3)30(33)46-29)9-20(44-13)45-18-11-32(40,19(35)12-34)10-15-22(18)28(39)24-23(26(15)37)25(36)14-5-4-6-17(41-2)21(14)27(24)38/h5-7,14,17,19,21,30-32,36,39,41-42H,8-13H2,1-4H3;6-8,14,17,19,21,30-32,37,39-40H,5,9-13H2,1-4H3;4-6,13,16,18,20,29-31,34,37,39-40H,7-12H2,1-3H3/t14-,17-,19-,21-,30+,31+,32+,33-;14-,17-,19-,21-,30+,31+,32-,33-;13-,16-,18-,20-,29+,30+,31-,32-/m000/s1. The van der Waals surface area contributed by atoms with Crippen LogP contribution in [-0.4, -0.2) is 358 Å². The van der Waals surface area contributed by atoms with Gasteiger partial charge in [0.2, 0.25) is 17.3 Å². The lowest BCUT2D eigenvalue weighted by atomic mass is 9.71. The van der Waals surface area contributed by atoms with E-state index in [-0.39, 0.29) is 158 Å². The van der Waals surface area contributed by atoms with E-state index >= 15 is 0 Å². The molecular weight excluding hydrogens is 1830 g/mol. The molecule has 0 amide bonds. The molecule has 0 unspecified atom stereocenters. The van der Waals surface area contributed by atoms with Crippen molar-refractivity contribution in [3.05, 3.63) is 155 Å². The summed E-state index contributed by atoms with van der Waals surface area (Å²) in [5.74, 6) is -10.1. The lowest BCUT2D eigenvalue weighted by Crippen LogP contribution is -2.59. The molecule has 0 saturated carbocycles. The van der Waals surface area contributed by atoms with Gasteiger partial charge in [-0.3, -0.25) is 62.8 Å². The molecule has 21 rings (SSSR count). The zero-order valence-electron chi connectivity index (χ0n) is 77.9. The summed E-state index contributed by atoms with van der Waals surface area (Å²) >= 11 is 0. The zero-order chi connectivity index (χ0) is 98.8. The van der Waals surface area contributed by atoms with Gasteiger partial charge in [0.15, 0.2) is 84.8 Å². The molecular formula is C98H110N4O37. The monoisotopic (exact) mass is 1930 g/mol. The molecule has 41 heteroatoms. The van der Waals surface area contributed by atoms with E-state index in [1.807, 2.05) is 27.8 Å². The minimum atomic E-state index is -2.23. The predicted octanol–water partition coefficient (Wildman–Crippen LogP) is 3.47. The number of phenols is 6. The van der Waals surface area contributed by atoms with Gasteiger partial charge in [-0.1, -0.05) is 43.3 Å². The smallest absolute Gasteiger partial charge is 0.202 e. The van der Waals surface area contributed by atoms with Gasteiger partial charge in [0.1, 0.15) is 106 Å². The summed E-state index contributed by atoms with van der Waals surface area (Å²) in [5, 5.41) is 124. The number of Topliss-reactive ketones (excluding diaryl/α,β-unsaturated/α-hetero) is 3. The van der Waals surface area contributed by atoms with Crippen LogP contribution < -0.4 is 14.2 Å². The third kappa shape index (κ3) is 15.7. The van der Waals surface area contributed by atoms with Crippen molar-refractivity contribution in [2.45, 2.75) is 238 Å². The molecule has 9 heterocycles. The molecule has 9 aliphatic heterocycles. The molecule has 0 radical (unpaired) electrons. The molecule has 6 aliphatic carbocycles. The Kier molecular flexibility index (Phi) is 26.1. The molecule has 9 saturated heterocycles. The molecule has 6 aromatic rings. The van der Waals surface area contributed by atoms with Gasteiger partial charge in [-0.05, 0) is 46.0 Å². The highest BCUT2D eigenvalue weighted by Crippen LogP contribution is 2.59. The van der Waals surface area contributed by atoms with Gasteiger partial charge < -0.3 is 137 Å². The molecule has 744 valence electrons. The number of aliphatic hydroxyl groups excluding tert-OH is 2. The van der Waals surface area contributed by atoms with E-state index in [4.69, 9.17) is 80.5 Å². The Morgan fingerprint density at radius 2 is 0.705 bits per heavy atom. The number of aromatic hydroxyl groups is 6. The summed E-state index contributed by atoms with van der Waals surface area (Å²) < 4.78 is 101. The maximum Gasteiger partial charge on any atom is 0.202 e. The zero-order valence-corrected chi connectivity index (χ0v) is 77.9. The Balaban J connectivity index is 0.000000133. The quantitative estimate of drug-likeness (QED) is 0.0548. The number of carbonyl (C=O) groups excluding carboxylic acids is 9. The van der Waals surface area contributed by atoms with Crippen molar-refractivity contribution < 1.29 is 180 Å². The van der Waals surface area contributed by atoms with E-state index in [1.165, 1.54) is 77.0 Å². The Labute approximate surface area is 794 Å². The van der Waals surface area contributed by atoms with Crippen molar-refractivity contribution in [2.75, 3.05) is 102 Å². The highest BCUT2D eigenvalue weighted by Gasteiger charge is 2.62. The number of ether oxygens (including phenoxy) is 17. The summed E-state index contributed by atoms with van der Waals surface area (Å²) in [6.45, 7) is 8.65. The highest BCUT2D eigenvalue weighted by atomic mass is 16.7. The van der Waals surface area contributed by atoms with Crippen molar-refractivity contribution >= 4 is 52.0 Å². The number of aliphatic hydroxyl groups is 5. The maximum absolute atomic E-state index is 13.9. The van der Waals surface area contributed by atoms with Crippen LogP contribution in [0.3, 0.4) is 0 Å². The summed E-state index contributed by atoms with van der Waals surface area (Å²) in [4.78, 5) is 130. The van der Waals surface area contributed by atoms with Gasteiger partial charge >= 0.3 is 0 Å². The van der Waals surface area contributed by atoms with Gasteiger partial charge in [-0.15, -0.1) is 0 Å². The number of carbonyl (C=O) groups is 9. The topological polar surface area (TPSA) is 546 Å². The maximum atomic E-state index is 13.9. The summed E-state index contributed by atoms with van der Waals surface area (Å²) in [7, 11) is 10.7. The van der Waals surface area contributed by atoms with E-state index in [0.717, 1.165) is 6.54 Å². The van der Waals surface area contributed by atoms with E-state index < -0.39 is 251 Å². The first-order chi connectivity index (χ1) is 66.5. The SMILES string of the molecule is CCC(=O)[C@]1(O)Cc2c(O)c3c(c(O)c2[C@@H](O[C@H]2C[C@H]4[C@H](O[C@@H]5[C@@H](OC)OCCN54)[C@H](C)O2)C1)C(=O)c1c(OC)cccc1C3=O.COc1cccc2c1C(=O)c1c(O)c3c(c(O)c1C2=O)C[C@@](O)(C(=O)CO)C[C@@H]3O[C@H]1C[C@H]2[C@H](O[C@@H]3[C@@H](OC)N(C)CCN32)[C@H](C)O1.COc1cccc2c1C(=O)c1c(O)c3c(c(O)c1C2=O)C[C@@](O)(C(=O)CO)C[C@@H]3O[C@H]1C[C@H]2[C@H](O[C@@H]3[C@@H](OC)OCCN32)[C@H](C)O1. The third-order valence-corrected chi connectivity index (χ3v) is 30.2. The van der Waals surface area contributed by atoms with Crippen LogP contribution in [0, 0.1) is 0 Å². The van der Waals surface area contributed by atoms with Crippen LogP contribution in [-0.2, 0) is 100.0 Å². The number of piperazine rings is 1. The molecule has 11 N–H and O–H groups in total. The number of benzene rings is 6. The molecule has 139 heavy (non-hydrogen) atoms. The van der Waals surface area contributed by atoms with Gasteiger partial charge in [0.05, 0.1) is 121 Å². The molecule has 0 bridgehead atoms. The fourth-order valence-electron chi connectivity index (χ4n) is 23.6. The normalized spacial score (nSPS) is 33.5. The molecule has 0 spiro atoms. The Hall–Kier alpha value is -10.4. The predicted molar refractivity (Wildman–Crippen MR) is 471 cm³/mol. The first-order valence-electron chi connectivity index (χ1n) is 46.3. The van der Waals surface area contributed by atoms with Crippen molar-refractivity contribution in [3.8, 4) is 51.7 Å². The van der Waals surface area contributed by atoms with E-state index in [0.29, 0.717) is 52.1 Å². The highest BCUT2D eigenvalue weighted by molar-refractivity contribution is 6.33. The van der Waals surface area contributed by atoms with Crippen LogP contribution in [0.25, 0.3) is 0 Å². The summed E-state index contributed by atoms with van der Waals surface area (Å²) in [6.07, 6.45) is -13.1. The average molecular weight is 1940 g/mol. The number of likely N-dealkylation sites (N-methyl/N-ethyl adjacent to an activating group) is 1. The van der Waals surface area contributed by atoms with E-state index in [1.54, 1.807) is 27.2 Å². The first-order valence-corrected chi connectivity index (χ1v) is 46.3. The second-order valence-electron chi connectivity index (χ2n) is 37.7. The summed E-state index contributed by atoms with van der Waals surface area (Å²) in [6, 6.07) is 13.0. The number of ketones is 9. The van der Waals surface area contributed by atoms with Gasteiger partial charge in [0, 0.05) is 180 Å². The van der Waals surface area contributed by atoms with Crippen LogP contribution >= 0.6 is 0 Å². The first kappa shape index (κ1) is 97.5. The molecule has 0 aromatic heterocycles. The second-order valence-corrected chi connectivity index (χ2v) is 37.7. The minimum absolute atomic E-state index is 0.00202. The summed E-state index contributed by atoms with van der Waals surface area (Å²) in [5.41, 5.74) is -9.60. The number of nitrogens with zero attached hydrogens (tertiary/aromatic N) is 4. The molecule has 6 aromatic carbocycles. The number of hydrogen-bond acceptors (Lipinski definition) is 41. The molecule has 15 aliphatic rings. The van der Waals surface area contributed by atoms with Crippen LogP contribution in [0.1, 0.15) is 220 Å². The molecule has 41 nitrogen and oxygen atoms in total. The van der Waals surface area contributed by atoms with Gasteiger partial charge in [0.25, 0.3) is 0 Å². The molecule has 9 fully saturated rings. The lowest BCUT2D eigenvalue weighted by Gasteiger charge is -2.44. The Morgan fingerprint density at radius 3 is 1.01 bits per heavy atom. The van der Waals surface area contributed by atoms with Crippen molar-refractivity contribution in [3.63, 3.8) is 0 Å². The fraction of sp³-hybridized carbons (Fsp3) is 0.541. The third-order valence-electron chi connectivity index (χ3n) is 30.2. The van der Waals surface area contributed by atoms with Crippen molar-refractivity contribution in [1.29, 1.82) is 0 Å². The van der Waals surface area contributed by atoms with Crippen molar-refractivity contribution in [2.24, 2.45) is 0 Å². The average Bonchev–Trinajstić information content (AvgIpc) is 1.55. The minimum Gasteiger partial charge on any atom is -0.507 e. The lowest BCUT2D eigenvalue weighted by molar-refractivity contribution is -0.256. The molecule has 24 atom stereocenters. The number of phenolic OH excluding ortho intramolecular Hbond substituents is 6. The van der Waals surface area contributed by atoms with Crippen LogP contribution in [0.2, 0.25) is 0 Å². The van der Waals surface area contributed by atoms with Gasteiger partial charge in [-0.25, -0.2) is 0 Å². The van der Waals surface area contributed by atoms with Crippen LogP contribution in [0.4, 0.5) is 0 Å². The Bertz CT molecular complexity index is 5810. The second kappa shape index (κ2) is 37.2. The number of morpholine rings is 2. The Morgan fingerprint density at radius 1 is 0.396 bits per heavy atom. The van der Waals surface area contributed by atoms with Gasteiger partial charge in [-0.2, -0.15) is 0 Å². The van der Waals surface area contributed by atoms with Crippen LogP contribution in [0.15, 0.2) is 54.6 Å². The number of hydrogen-bond donors (Lipinski definition) is 11. The largest absolute Gasteiger partial charge is 0.507 e. The van der Waals surface area contributed by atoms with E-state index in [9.17, 15) is 99.3 Å². The number of fused-ring (bicyclic) bond motifs is 18. The number of rotatable bonds is 18. The fourth-order valence-corrected chi connectivity index (χ4v) is 23.6. The van der Waals surface area contributed by atoms with Crippen LogP contribution in [0.5, 0.6) is 51.7 Å².